The van der Waals surface area contributed by atoms with E-state index >= 15 is 0 Å². The van der Waals surface area contributed by atoms with Gasteiger partial charge in [0.25, 0.3) is 0 Å². The van der Waals surface area contributed by atoms with Crippen LogP contribution in [0.3, 0.4) is 0 Å². The molecule has 0 saturated heterocycles. The molecule has 0 N–H and O–H groups in total. The van der Waals surface area contributed by atoms with Crippen LogP contribution in [0.2, 0.25) is 0 Å². The number of fused-ring (bicyclic) bond motifs is 1. The fraction of sp³-hybridized carbons (Fsp3) is 0.240. The lowest BCUT2D eigenvalue weighted by atomic mass is 10.00. The van der Waals surface area contributed by atoms with Gasteiger partial charge in [-0.2, -0.15) is 4.31 Å². The van der Waals surface area contributed by atoms with Gasteiger partial charge >= 0.3 is 0 Å². The lowest BCUT2D eigenvalue weighted by Gasteiger charge is -2.31. The molecule has 0 saturated carbocycles. The Morgan fingerprint density at radius 1 is 0.903 bits per heavy atom. The molecule has 4 rings (SSSR count). The van der Waals surface area contributed by atoms with Crippen molar-refractivity contribution < 1.29 is 13.2 Å². The Balaban J connectivity index is 1.58. The van der Waals surface area contributed by atoms with E-state index in [0.717, 1.165) is 23.1 Å². The van der Waals surface area contributed by atoms with Gasteiger partial charge in [-0.3, -0.25) is 4.79 Å². The minimum Gasteiger partial charge on any atom is -0.337 e. The van der Waals surface area contributed by atoms with Crippen molar-refractivity contribution >= 4 is 15.9 Å². The molecule has 0 fully saturated rings. The molecule has 1 amide bonds. The fourth-order valence-corrected chi connectivity index (χ4v) is 5.21. The molecule has 3 aromatic rings. The Morgan fingerprint density at radius 3 is 2.26 bits per heavy atom. The predicted molar refractivity (Wildman–Crippen MR) is 121 cm³/mol. The largest absolute Gasteiger partial charge is 0.337 e. The zero-order valence-electron chi connectivity index (χ0n) is 17.6. The summed E-state index contributed by atoms with van der Waals surface area (Å²) in [5.74, 6) is -0.180. The summed E-state index contributed by atoms with van der Waals surface area (Å²) >= 11 is 0. The summed E-state index contributed by atoms with van der Waals surface area (Å²) in [4.78, 5) is 15.1. The van der Waals surface area contributed by atoms with Crippen molar-refractivity contribution in [3.63, 3.8) is 0 Å². The highest BCUT2D eigenvalue weighted by Gasteiger charge is 2.29. The number of hydrogen-bond donors (Lipinski definition) is 0. The van der Waals surface area contributed by atoms with Crippen LogP contribution in [0.15, 0.2) is 83.8 Å². The molecule has 1 aliphatic rings. The van der Waals surface area contributed by atoms with Crippen LogP contribution in [0.1, 0.15) is 22.3 Å². The highest BCUT2D eigenvalue weighted by Crippen LogP contribution is 2.22. The maximum Gasteiger partial charge on any atom is 0.243 e. The number of rotatable bonds is 6. The quantitative estimate of drug-likeness (QED) is 0.593. The number of benzene rings is 3. The number of hydrogen-bond acceptors (Lipinski definition) is 3. The van der Waals surface area contributed by atoms with Crippen LogP contribution >= 0.6 is 0 Å². The van der Waals surface area contributed by atoms with Crippen LogP contribution in [0.25, 0.3) is 0 Å². The molecule has 0 radical (unpaired) electrons. The first-order valence-corrected chi connectivity index (χ1v) is 11.8. The van der Waals surface area contributed by atoms with Gasteiger partial charge in [-0.1, -0.05) is 72.3 Å². The van der Waals surface area contributed by atoms with Crippen molar-refractivity contribution in [2.45, 2.75) is 31.3 Å². The average molecular weight is 435 g/mol. The molecule has 0 aromatic heterocycles. The molecule has 0 aliphatic carbocycles. The summed E-state index contributed by atoms with van der Waals surface area (Å²) in [6.07, 6.45) is 0.783. The van der Waals surface area contributed by atoms with Crippen LogP contribution in [0.4, 0.5) is 0 Å². The topological polar surface area (TPSA) is 57.7 Å². The molecule has 5 nitrogen and oxygen atoms in total. The molecule has 1 heterocycles. The number of nitrogens with zero attached hydrogens (tertiary/aromatic N) is 2. The lowest BCUT2D eigenvalue weighted by Crippen LogP contribution is -2.44. The number of sulfonamides is 1. The zero-order chi connectivity index (χ0) is 21.8. The first-order valence-electron chi connectivity index (χ1n) is 10.4. The van der Waals surface area contributed by atoms with Crippen LogP contribution in [-0.2, 0) is 34.3 Å². The van der Waals surface area contributed by atoms with Crippen LogP contribution in [-0.4, -0.2) is 36.6 Å². The Morgan fingerprint density at radius 2 is 1.55 bits per heavy atom. The highest BCUT2D eigenvalue weighted by molar-refractivity contribution is 7.89. The monoisotopic (exact) mass is 434 g/mol. The first-order chi connectivity index (χ1) is 14.9. The van der Waals surface area contributed by atoms with Gasteiger partial charge in [0.05, 0.1) is 11.4 Å². The third-order valence-electron chi connectivity index (χ3n) is 5.66. The Kier molecular flexibility index (Phi) is 6.20. The molecule has 6 heteroatoms. The van der Waals surface area contributed by atoms with Gasteiger partial charge in [0, 0.05) is 19.6 Å². The molecular formula is C25H26N2O3S. The van der Waals surface area contributed by atoms with E-state index in [4.69, 9.17) is 0 Å². The van der Waals surface area contributed by atoms with E-state index in [1.165, 1.54) is 9.87 Å². The van der Waals surface area contributed by atoms with Crippen LogP contribution in [0, 0.1) is 6.92 Å². The van der Waals surface area contributed by atoms with Gasteiger partial charge in [0.1, 0.15) is 0 Å². The lowest BCUT2D eigenvalue weighted by molar-refractivity contribution is -0.132. The van der Waals surface area contributed by atoms with Crippen molar-refractivity contribution in [2.75, 3.05) is 13.1 Å². The summed E-state index contributed by atoms with van der Waals surface area (Å²) in [5.41, 5.74) is 4.20. The number of amides is 1. The average Bonchev–Trinajstić information content (AvgIpc) is 2.79. The van der Waals surface area contributed by atoms with Gasteiger partial charge in [-0.25, -0.2) is 8.42 Å². The summed E-state index contributed by atoms with van der Waals surface area (Å²) in [5, 5.41) is 0. The number of aryl methyl sites for hydroxylation is 1. The van der Waals surface area contributed by atoms with Gasteiger partial charge < -0.3 is 4.90 Å². The molecular weight excluding hydrogens is 408 g/mol. The summed E-state index contributed by atoms with van der Waals surface area (Å²) in [6.45, 7) is 2.98. The van der Waals surface area contributed by atoms with Crippen molar-refractivity contribution in [3.8, 4) is 0 Å². The van der Waals surface area contributed by atoms with E-state index in [1.54, 1.807) is 29.2 Å². The number of carbonyl (C=O) groups excluding carboxylic acids is 1. The minimum atomic E-state index is -3.82. The van der Waals surface area contributed by atoms with Gasteiger partial charge in [-0.15, -0.1) is 0 Å². The molecule has 160 valence electrons. The van der Waals surface area contributed by atoms with Crippen molar-refractivity contribution in [1.82, 2.24) is 9.21 Å². The van der Waals surface area contributed by atoms with E-state index < -0.39 is 10.0 Å². The second-order valence-electron chi connectivity index (χ2n) is 7.91. The maximum absolute atomic E-state index is 13.4. The highest BCUT2D eigenvalue weighted by atomic mass is 32.2. The molecule has 0 atom stereocenters. The molecule has 0 bridgehead atoms. The summed E-state index contributed by atoms with van der Waals surface area (Å²) in [7, 11) is -3.82. The third kappa shape index (κ3) is 4.86. The maximum atomic E-state index is 13.4. The van der Waals surface area contributed by atoms with E-state index in [0.29, 0.717) is 13.1 Å². The second-order valence-corrected chi connectivity index (χ2v) is 9.84. The standard InChI is InChI=1S/C25H26N2O3S/c1-20-11-13-24(14-12-20)31(29,30)27(17-21-7-3-2-4-8-21)19-25(28)26-16-15-22-9-5-6-10-23(22)18-26/h2-14H,15-19H2,1H3. The Hall–Kier alpha value is -2.96. The zero-order valence-corrected chi connectivity index (χ0v) is 18.4. The molecule has 1 aliphatic heterocycles. The summed E-state index contributed by atoms with van der Waals surface area (Å²) in [6, 6.07) is 24.2. The first kappa shape index (κ1) is 21.3. The van der Waals surface area contributed by atoms with E-state index in [1.807, 2.05) is 55.5 Å². The number of carbonyl (C=O) groups is 1. The molecule has 31 heavy (non-hydrogen) atoms. The SMILES string of the molecule is Cc1ccc(S(=O)(=O)N(CC(=O)N2CCc3ccccc3C2)Cc2ccccc2)cc1. The van der Waals surface area contributed by atoms with E-state index in [2.05, 4.69) is 6.07 Å². The predicted octanol–water partition coefficient (Wildman–Crippen LogP) is 3.77. The molecule has 0 unspecified atom stereocenters. The normalized spacial score (nSPS) is 13.8. The van der Waals surface area contributed by atoms with E-state index in [9.17, 15) is 13.2 Å². The van der Waals surface area contributed by atoms with Crippen LogP contribution in [0.5, 0.6) is 0 Å². The van der Waals surface area contributed by atoms with Gasteiger partial charge in [0.2, 0.25) is 15.9 Å². The van der Waals surface area contributed by atoms with Crippen LogP contribution < -0.4 is 0 Å². The van der Waals surface area contributed by atoms with Gasteiger partial charge in [-0.05, 0) is 42.2 Å². The van der Waals surface area contributed by atoms with Crippen molar-refractivity contribution in [3.05, 3.63) is 101 Å². The Labute approximate surface area is 184 Å². The smallest absolute Gasteiger partial charge is 0.243 e. The molecule has 3 aromatic carbocycles. The van der Waals surface area contributed by atoms with Gasteiger partial charge in [0.15, 0.2) is 0 Å². The fourth-order valence-electron chi connectivity index (χ4n) is 3.83. The second kappa shape index (κ2) is 9.04. The summed E-state index contributed by atoms with van der Waals surface area (Å²) < 4.78 is 28.1. The third-order valence-corrected chi connectivity index (χ3v) is 7.46. The van der Waals surface area contributed by atoms with Crippen molar-refractivity contribution in [1.29, 1.82) is 0 Å². The minimum absolute atomic E-state index is 0.146. The molecule has 0 spiro atoms. The van der Waals surface area contributed by atoms with E-state index in [-0.39, 0.29) is 23.9 Å². The van der Waals surface area contributed by atoms with Crippen molar-refractivity contribution in [2.24, 2.45) is 0 Å². The Bertz CT molecular complexity index is 1160.